The van der Waals surface area contributed by atoms with Gasteiger partial charge in [0, 0.05) is 6.07 Å². The van der Waals surface area contributed by atoms with Crippen LogP contribution in [-0.2, 0) is 4.79 Å². The fraction of sp³-hybridized carbons (Fsp3) is 0. The van der Waals surface area contributed by atoms with Crippen molar-refractivity contribution in [3.63, 3.8) is 0 Å². The molecule has 0 spiro atoms. The Labute approximate surface area is 68.0 Å². The summed E-state index contributed by atoms with van der Waals surface area (Å²) >= 11 is 0. The highest BCUT2D eigenvalue weighted by Crippen LogP contribution is 2.15. The molecule has 0 N–H and O–H groups in total. The maximum Gasteiger partial charge on any atom is 0.298 e. The van der Waals surface area contributed by atoms with Gasteiger partial charge in [0.05, 0.1) is 5.56 Å². The average molecular weight is 165 g/mol. The lowest BCUT2D eigenvalue weighted by Crippen LogP contribution is -1.90. The molecule has 0 saturated heterocycles. The number of carbonyl (C=O) groups is 1. The molecule has 1 aromatic carbocycles. The van der Waals surface area contributed by atoms with Gasteiger partial charge in [0.25, 0.3) is 6.47 Å². The SMILES string of the molecule is N#Cc1cc(OC=O)ccc1F. The number of hydrogen-bond donors (Lipinski definition) is 0. The summed E-state index contributed by atoms with van der Waals surface area (Å²) in [4.78, 5) is 9.86. The molecule has 4 heteroatoms. The van der Waals surface area contributed by atoms with Crippen molar-refractivity contribution in [1.29, 1.82) is 5.26 Å². The van der Waals surface area contributed by atoms with Crippen molar-refractivity contribution in [1.82, 2.24) is 0 Å². The van der Waals surface area contributed by atoms with E-state index in [2.05, 4.69) is 4.74 Å². The van der Waals surface area contributed by atoms with E-state index in [0.29, 0.717) is 0 Å². The average Bonchev–Trinajstić information content (AvgIpc) is 2.09. The normalized spacial score (nSPS) is 8.67. The molecule has 60 valence electrons. The summed E-state index contributed by atoms with van der Waals surface area (Å²) in [6.45, 7) is 0.217. The Bertz CT molecular complexity index is 343. The van der Waals surface area contributed by atoms with E-state index in [1.807, 2.05) is 0 Å². The molecule has 3 nitrogen and oxygen atoms in total. The Balaban J connectivity index is 3.07. The fourth-order valence-electron chi connectivity index (χ4n) is 0.719. The van der Waals surface area contributed by atoms with Crippen LogP contribution in [0.2, 0.25) is 0 Å². The van der Waals surface area contributed by atoms with Gasteiger partial charge >= 0.3 is 0 Å². The lowest BCUT2D eigenvalue weighted by Gasteiger charge is -1.97. The van der Waals surface area contributed by atoms with Gasteiger partial charge in [-0.15, -0.1) is 0 Å². The lowest BCUT2D eigenvalue weighted by molar-refractivity contribution is -0.120. The van der Waals surface area contributed by atoms with Crippen molar-refractivity contribution in [2.45, 2.75) is 0 Å². The number of nitrogens with zero attached hydrogens (tertiary/aromatic N) is 1. The molecule has 0 aliphatic carbocycles. The highest BCUT2D eigenvalue weighted by molar-refractivity contribution is 5.47. The van der Waals surface area contributed by atoms with E-state index in [0.717, 1.165) is 12.1 Å². The molecule has 0 aliphatic heterocycles. The van der Waals surface area contributed by atoms with Crippen LogP contribution in [0, 0.1) is 17.1 Å². The Hall–Kier alpha value is -1.89. The first kappa shape index (κ1) is 8.21. The number of rotatable bonds is 2. The molecule has 1 rings (SSSR count). The van der Waals surface area contributed by atoms with Crippen LogP contribution in [-0.4, -0.2) is 6.47 Å². The van der Waals surface area contributed by atoms with Crippen LogP contribution in [0.15, 0.2) is 18.2 Å². The van der Waals surface area contributed by atoms with Gasteiger partial charge in [0.15, 0.2) is 0 Å². The van der Waals surface area contributed by atoms with Crippen LogP contribution in [0.3, 0.4) is 0 Å². The van der Waals surface area contributed by atoms with Gasteiger partial charge < -0.3 is 4.74 Å². The Kier molecular flexibility index (Phi) is 2.38. The van der Waals surface area contributed by atoms with Gasteiger partial charge in [-0.05, 0) is 12.1 Å². The van der Waals surface area contributed by atoms with E-state index in [9.17, 15) is 9.18 Å². The molecule has 0 fully saturated rings. The Morgan fingerprint density at radius 2 is 2.33 bits per heavy atom. The third-order valence-corrected chi connectivity index (χ3v) is 1.24. The largest absolute Gasteiger partial charge is 0.429 e. The zero-order valence-electron chi connectivity index (χ0n) is 5.95. The maximum atomic E-state index is 12.6. The van der Waals surface area contributed by atoms with Crippen LogP contribution < -0.4 is 4.74 Å². The van der Waals surface area contributed by atoms with Crippen molar-refractivity contribution >= 4 is 6.47 Å². The summed E-state index contributed by atoms with van der Waals surface area (Å²) in [5.74, 6) is -0.473. The van der Waals surface area contributed by atoms with Crippen LogP contribution in [0.1, 0.15) is 5.56 Å². The first-order valence-corrected chi connectivity index (χ1v) is 3.08. The van der Waals surface area contributed by atoms with E-state index >= 15 is 0 Å². The molecule has 12 heavy (non-hydrogen) atoms. The molecule has 0 aromatic heterocycles. The summed E-state index contributed by atoms with van der Waals surface area (Å²) in [7, 11) is 0. The molecule has 0 saturated carbocycles. The standard InChI is InChI=1S/C8H4FNO2/c9-8-2-1-7(12-5-11)3-6(8)4-10/h1-3,5H. The zero-order valence-corrected chi connectivity index (χ0v) is 5.95. The highest BCUT2D eigenvalue weighted by atomic mass is 19.1. The molecule has 0 unspecified atom stereocenters. The van der Waals surface area contributed by atoms with E-state index in [1.54, 1.807) is 6.07 Å². The quantitative estimate of drug-likeness (QED) is 0.619. The van der Waals surface area contributed by atoms with Crippen LogP contribution >= 0.6 is 0 Å². The molecule has 0 heterocycles. The third kappa shape index (κ3) is 1.58. The number of hydrogen-bond acceptors (Lipinski definition) is 3. The molecule has 0 atom stereocenters. The Morgan fingerprint density at radius 1 is 1.58 bits per heavy atom. The number of carbonyl (C=O) groups excluding carboxylic acids is 1. The van der Waals surface area contributed by atoms with E-state index < -0.39 is 5.82 Å². The zero-order chi connectivity index (χ0) is 8.97. The fourth-order valence-corrected chi connectivity index (χ4v) is 0.719. The minimum absolute atomic E-state index is 0.144. The topological polar surface area (TPSA) is 50.1 Å². The number of halogens is 1. The molecule has 0 bridgehead atoms. The van der Waals surface area contributed by atoms with E-state index in [4.69, 9.17) is 5.26 Å². The molecule has 0 radical (unpaired) electrons. The summed E-state index contributed by atoms with van der Waals surface area (Å²) in [5, 5.41) is 8.38. The minimum Gasteiger partial charge on any atom is -0.429 e. The van der Waals surface area contributed by atoms with Gasteiger partial charge in [-0.2, -0.15) is 5.26 Å². The second kappa shape index (κ2) is 3.49. The number of benzene rings is 1. The van der Waals surface area contributed by atoms with Crippen molar-refractivity contribution < 1.29 is 13.9 Å². The smallest absolute Gasteiger partial charge is 0.298 e. The number of nitriles is 1. The molecular formula is C8H4FNO2. The lowest BCUT2D eigenvalue weighted by atomic mass is 10.2. The van der Waals surface area contributed by atoms with Gasteiger partial charge in [0.2, 0.25) is 0 Å². The van der Waals surface area contributed by atoms with Gasteiger partial charge in [0.1, 0.15) is 17.6 Å². The number of ether oxygens (including phenoxy) is 1. The molecule has 0 amide bonds. The Morgan fingerprint density at radius 3 is 2.92 bits per heavy atom. The van der Waals surface area contributed by atoms with Crippen molar-refractivity contribution in [2.24, 2.45) is 0 Å². The van der Waals surface area contributed by atoms with Gasteiger partial charge in [-0.1, -0.05) is 0 Å². The predicted molar refractivity (Wildman–Crippen MR) is 37.8 cm³/mol. The van der Waals surface area contributed by atoms with Crippen molar-refractivity contribution in [3.8, 4) is 11.8 Å². The van der Waals surface area contributed by atoms with Gasteiger partial charge in [-0.25, -0.2) is 4.39 Å². The molecule has 0 aliphatic rings. The third-order valence-electron chi connectivity index (χ3n) is 1.24. The van der Waals surface area contributed by atoms with Crippen LogP contribution in [0.25, 0.3) is 0 Å². The van der Waals surface area contributed by atoms with Crippen molar-refractivity contribution in [3.05, 3.63) is 29.6 Å². The van der Waals surface area contributed by atoms with E-state index in [1.165, 1.54) is 6.07 Å². The monoisotopic (exact) mass is 165 g/mol. The summed E-state index contributed by atoms with van der Waals surface area (Å²) in [6.07, 6.45) is 0. The first-order valence-electron chi connectivity index (χ1n) is 3.08. The summed E-state index contributed by atoms with van der Waals surface area (Å²) in [6, 6.07) is 5.11. The van der Waals surface area contributed by atoms with Crippen molar-refractivity contribution in [2.75, 3.05) is 0 Å². The second-order valence-corrected chi connectivity index (χ2v) is 1.97. The van der Waals surface area contributed by atoms with Gasteiger partial charge in [-0.3, -0.25) is 4.79 Å². The van der Waals surface area contributed by atoms with Crippen LogP contribution in [0.4, 0.5) is 4.39 Å². The minimum atomic E-state index is -0.629. The van der Waals surface area contributed by atoms with Crippen LogP contribution in [0.5, 0.6) is 5.75 Å². The highest BCUT2D eigenvalue weighted by Gasteiger charge is 2.02. The second-order valence-electron chi connectivity index (χ2n) is 1.97. The maximum absolute atomic E-state index is 12.6. The van der Waals surface area contributed by atoms with E-state index in [-0.39, 0.29) is 17.8 Å². The molecular weight excluding hydrogens is 161 g/mol. The summed E-state index contributed by atoms with van der Waals surface area (Å²) < 4.78 is 17.0. The molecule has 1 aromatic rings. The first-order chi connectivity index (χ1) is 5.77. The summed E-state index contributed by atoms with van der Waals surface area (Å²) in [5.41, 5.74) is -0.144. The predicted octanol–water partition coefficient (Wildman–Crippen LogP) is 1.23.